The number of nitrogens with zero attached hydrogens (tertiary/aromatic N) is 1. The van der Waals surface area contributed by atoms with Gasteiger partial charge in [-0.2, -0.15) is 0 Å². The second kappa shape index (κ2) is 14.4. The van der Waals surface area contributed by atoms with Crippen LogP contribution in [0.3, 0.4) is 0 Å². The van der Waals surface area contributed by atoms with Gasteiger partial charge in [-0.1, -0.05) is 40.5 Å². The normalized spacial score (nSPS) is 15.6. The molecule has 0 fully saturated rings. The van der Waals surface area contributed by atoms with E-state index in [0.29, 0.717) is 38.5 Å². The van der Waals surface area contributed by atoms with Crippen molar-refractivity contribution in [1.82, 2.24) is 16.0 Å². The second-order valence-corrected chi connectivity index (χ2v) is 7.64. The molecule has 5 atom stereocenters. The van der Waals surface area contributed by atoms with Crippen molar-refractivity contribution in [3.05, 3.63) is 0 Å². The number of nitrogens with two attached hydrogens (primary N) is 2. The van der Waals surface area contributed by atoms with E-state index in [1.165, 1.54) is 6.92 Å². The fourth-order valence-corrected chi connectivity index (χ4v) is 2.83. The molecule has 30 heavy (non-hydrogen) atoms. The Morgan fingerprint density at radius 3 is 1.87 bits per heavy atom. The molecule has 0 spiro atoms. The van der Waals surface area contributed by atoms with Crippen molar-refractivity contribution in [2.75, 3.05) is 6.54 Å². The van der Waals surface area contributed by atoms with Gasteiger partial charge in [-0.05, 0) is 24.7 Å². The van der Waals surface area contributed by atoms with Gasteiger partial charge in [0, 0.05) is 13.5 Å². The lowest BCUT2D eigenvalue weighted by Crippen LogP contribution is -2.58. The maximum atomic E-state index is 12.8. The number of hydrogen-bond acceptors (Lipinski definition) is 5. The standard InChI is InChI=1S/C20H38N6O4/c1-6-12(3)16(24-14(5)28)19(30)26-17(13(4)7-2)18(29)25-15(11-27)9-8-10-23-20(21)22/h11-13,15-17H,6-10H2,1-5H3,(H,24,28)(H,25,29)(H,26,30)(H4,21,22,23)/t12?,13?,15-,16-,17-/m0/s1. The zero-order valence-corrected chi connectivity index (χ0v) is 18.7. The predicted octanol–water partition coefficient (Wildman–Crippen LogP) is -0.195. The van der Waals surface area contributed by atoms with Gasteiger partial charge < -0.3 is 32.2 Å². The number of carbonyl (C=O) groups excluding carboxylic acids is 4. The van der Waals surface area contributed by atoms with Crippen molar-refractivity contribution in [1.29, 1.82) is 0 Å². The van der Waals surface area contributed by atoms with Crippen LogP contribution in [0.1, 0.15) is 60.3 Å². The quantitative estimate of drug-likeness (QED) is 0.112. The van der Waals surface area contributed by atoms with Crippen LogP contribution >= 0.6 is 0 Å². The molecule has 0 aromatic heterocycles. The van der Waals surface area contributed by atoms with Crippen LogP contribution in [0.2, 0.25) is 0 Å². The van der Waals surface area contributed by atoms with E-state index in [9.17, 15) is 19.2 Å². The van der Waals surface area contributed by atoms with Gasteiger partial charge in [-0.15, -0.1) is 0 Å². The molecule has 0 rings (SSSR count). The van der Waals surface area contributed by atoms with E-state index in [4.69, 9.17) is 11.5 Å². The molecule has 0 saturated carbocycles. The lowest BCUT2D eigenvalue weighted by atomic mass is 9.94. The number of aliphatic imine (C=N–C) groups is 1. The fourth-order valence-electron chi connectivity index (χ4n) is 2.83. The van der Waals surface area contributed by atoms with E-state index in [1.54, 1.807) is 0 Å². The summed E-state index contributed by atoms with van der Waals surface area (Å²) in [5.41, 5.74) is 10.5. The van der Waals surface area contributed by atoms with E-state index in [-0.39, 0.29) is 23.7 Å². The number of nitrogens with one attached hydrogen (secondary N) is 3. The van der Waals surface area contributed by atoms with Crippen LogP contribution in [0.25, 0.3) is 0 Å². The molecule has 10 nitrogen and oxygen atoms in total. The summed E-state index contributed by atoms with van der Waals surface area (Å²) in [6.45, 7) is 9.22. The van der Waals surface area contributed by atoms with Gasteiger partial charge in [-0.3, -0.25) is 19.4 Å². The SMILES string of the molecule is CCC(C)[C@H](NC(C)=O)C(=O)N[C@H](C(=O)N[C@H](C=O)CCCN=C(N)N)C(C)CC. The Kier molecular flexibility index (Phi) is 13.1. The van der Waals surface area contributed by atoms with Gasteiger partial charge in [-0.25, -0.2) is 0 Å². The molecule has 172 valence electrons. The van der Waals surface area contributed by atoms with Crippen molar-refractivity contribution in [3.63, 3.8) is 0 Å². The van der Waals surface area contributed by atoms with Crippen LogP contribution in [0, 0.1) is 11.8 Å². The molecule has 0 heterocycles. The molecule has 0 aliphatic carbocycles. The Hall–Kier alpha value is -2.65. The van der Waals surface area contributed by atoms with Crippen LogP contribution in [0.4, 0.5) is 0 Å². The first-order chi connectivity index (χ1) is 14.1. The molecule has 0 bridgehead atoms. The summed E-state index contributed by atoms with van der Waals surface area (Å²) in [5, 5.41) is 8.10. The highest BCUT2D eigenvalue weighted by atomic mass is 16.2. The molecular formula is C20H38N6O4. The third-order valence-electron chi connectivity index (χ3n) is 5.11. The fraction of sp³-hybridized carbons (Fsp3) is 0.750. The van der Waals surface area contributed by atoms with Crippen molar-refractivity contribution in [2.45, 2.75) is 78.4 Å². The molecule has 0 aliphatic heterocycles. The first kappa shape index (κ1) is 27.4. The van der Waals surface area contributed by atoms with Crippen molar-refractivity contribution in [3.8, 4) is 0 Å². The van der Waals surface area contributed by atoms with Gasteiger partial charge >= 0.3 is 0 Å². The summed E-state index contributed by atoms with van der Waals surface area (Å²) in [5.74, 6) is -1.48. The highest BCUT2D eigenvalue weighted by molar-refractivity contribution is 5.92. The van der Waals surface area contributed by atoms with E-state index < -0.39 is 29.9 Å². The van der Waals surface area contributed by atoms with Gasteiger partial charge in [0.2, 0.25) is 17.7 Å². The van der Waals surface area contributed by atoms with Crippen molar-refractivity contribution in [2.24, 2.45) is 28.3 Å². The molecule has 10 heteroatoms. The zero-order chi connectivity index (χ0) is 23.3. The summed E-state index contributed by atoms with van der Waals surface area (Å²) in [4.78, 5) is 52.4. The average molecular weight is 427 g/mol. The Labute approximate surface area is 179 Å². The Balaban J connectivity index is 5.21. The van der Waals surface area contributed by atoms with E-state index in [0.717, 1.165) is 0 Å². The monoisotopic (exact) mass is 426 g/mol. The molecular weight excluding hydrogens is 388 g/mol. The van der Waals surface area contributed by atoms with Gasteiger partial charge in [0.1, 0.15) is 18.4 Å². The molecule has 0 saturated heterocycles. The van der Waals surface area contributed by atoms with Crippen molar-refractivity contribution >= 4 is 30.0 Å². The third kappa shape index (κ3) is 10.2. The maximum Gasteiger partial charge on any atom is 0.243 e. The molecule has 0 aromatic rings. The number of guanidine groups is 1. The molecule has 0 aromatic carbocycles. The number of amides is 3. The third-order valence-corrected chi connectivity index (χ3v) is 5.11. The van der Waals surface area contributed by atoms with Crippen molar-refractivity contribution < 1.29 is 19.2 Å². The molecule has 3 amide bonds. The van der Waals surface area contributed by atoms with Crippen LogP contribution in [-0.4, -0.2) is 54.6 Å². The maximum absolute atomic E-state index is 12.8. The molecule has 0 radical (unpaired) electrons. The Morgan fingerprint density at radius 1 is 0.933 bits per heavy atom. The minimum Gasteiger partial charge on any atom is -0.370 e. The number of hydrogen-bond donors (Lipinski definition) is 5. The first-order valence-corrected chi connectivity index (χ1v) is 10.5. The average Bonchev–Trinajstić information content (AvgIpc) is 2.70. The Morgan fingerprint density at radius 2 is 1.43 bits per heavy atom. The van der Waals surface area contributed by atoms with Gasteiger partial charge in [0.15, 0.2) is 5.96 Å². The largest absolute Gasteiger partial charge is 0.370 e. The lowest BCUT2D eigenvalue weighted by Gasteiger charge is -2.29. The summed E-state index contributed by atoms with van der Waals surface area (Å²) in [7, 11) is 0. The first-order valence-electron chi connectivity index (χ1n) is 10.5. The smallest absolute Gasteiger partial charge is 0.243 e. The predicted molar refractivity (Wildman–Crippen MR) is 116 cm³/mol. The molecule has 7 N–H and O–H groups in total. The number of carbonyl (C=O) groups is 4. The van der Waals surface area contributed by atoms with Gasteiger partial charge in [0.25, 0.3) is 0 Å². The topological polar surface area (TPSA) is 169 Å². The van der Waals surface area contributed by atoms with Crippen LogP contribution in [-0.2, 0) is 19.2 Å². The minimum atomic E-state index is -0.831. The van der Waals surface area contributed by atoms with E-state index in [2.05, 4.69) is 20.9 Å². The number of aldehydes is 1. The van der Waals surface area contributed by atoms with Crippen LogP contribution in [0.5, 0.6) is 0 Å². The summed E-state index contributed by atoms with van der Waals surface area (Å²) in [6, 6.07) is -2.29. The molecule has 0 aliphatic rings. The zero-order valence-electron chi connectivity index (χ0n) is 18.7. The van der Waals surface area contributed by atoms with E-state index in [1.807, 2.05) is 27.7 Å². The highest BCUT2D eigenvalue weighted by Crippen LogP contribution is 2.12. The highest BCUT2D eigenvalue weighted by Gasteiger charge is 2.32. The summed E-state index contributed by atoms with van der Waals surface area (Å²) in [6.07, 6.45) is 2.86. The lowest BCUT2D eigenvalue weighted by molar-refractivity contribution is -0.134. The molecule has 2 unspecified atom stereocenters. The van der Waals surface area contributed by atoms with Gasteiger partial charge in [0.05, 0.1) is 6.04 Å². The summed E-state index contributed by atoms with van der Waals surface area (Å²) < 4.78 is 0. The van der Waals surface area contributed by atoms with Crippen LogP contribution in [0.15, 0.2) is 4.99 Å². The van der Waals surface area contributed by atoms with Crippen LogP contribution < -0.4 is 27.4 Å². The number of rotatable bonds is 14. The minimum absolute atomic E-state index is 0.0312. The Bertz CT molecular complexity index is 606. The van der Waals surface area contributed by atoms with E-state index >= 15 is 0 Å². The second-order valence-electron chi connectivity index (χ2n) is 7.64. The summed E-state index contributed by atoms with van der Waals surface area (Å²) >= 11 is 0.